The third-order valence-electron chi connectivity index (χ3n) is 6.68. The van der Waals surface area contributed by atoms with Crippen LogP contribution in [0, 0.1) is 0 Å². The molecule has 0 unspecified atom stereocenters. The Morgan fingerprint density at radius 1 is 1.15 bits per heavy atom. The SMILES string of the molecule is CN1CCCNC(=O)C12CCN(C(=O)c1ccccc1[C@@H]1CCNC1)CC2. The van der Waals surface area contributed by atoms with Crippen LogP contribution in [0.4, 0.5) is 0 Å². The third kappa shape index (κ3) is 3.36. The summed E-state index contributed by atoms with van der Waals surface area (Å²) in [5.74, 6) is 0.663. The number of nitrogens with zero attached hydrogens (tertiary/aromatic N) is 2. The average Bonchev–Trinajstić information content (AvgIpc) is 3.21. The average molecular weight is 370 g/mol. The number of carbonyl (C=O) groups is 2. The monoisotopic (exact) mass is 370 g/mol. The van der Waals surface area contributed by atoms with Crippen molar-refractivity contribution in [1.29, 1.82) is 0 Å². The highest BCUT2D eigenvalue weighted by Gasteiger charge is 2.46. The van der Waals surface area contributed by atoms with Crippen molar-refractivity contribution in [3.8, 4) is 0 Å². The highest BCUT2D eigenvalue weighted by molar-refractivity contribution is 5.96. The van der Waals surface area contributed by atoms with Gasteiger partial charge in [0.25, 0.3) is 5.91 Å². The minimum Gasteiger partial charge on any atom is -0.354 e. The van der Waals surface area contributed by atoms with Crippen molar-refractivity contribution in [3.05, 3.63) is 35.4 Å². The van der Waals surface area contributed by atoms with Crippen LogP contribution in [0.15, 0.2) is 24.3 Å². The fourth-order valence-corrected chi connectivity index (χ4v) is 4.90. The standard InChI is InChI=1S/C21H30N4O2/c1-24-12-4-10-23-20(27)21(24)8-13-25(14-9-21)19(26)18-6-3-2-5-17(18)16-7-11-22-15-16/h2-3,5-6,16,22H,4,7-15H2,1H3,(H,23,27)/t16-/m1/s1. The number of likely N-dealkylation sites (N-methyl/N-ethyl adjacent to an activating group) is 1. The first-order valence-corrected chi connectivity index (χ1v) is 10.2. The molecule has 3 fully saturated rings. The van der Waals surface area contributed by atoms with Crippen molar-refractivity contribution in [3.63, 3.8) is 0 Å². The zero-order chi connectivity index (χ0) is 18.9. The number of hydrogen-bond donors (Lipinski definition) is 2. The van der Waals surface area contributed by atoms with Crippen molar-refractivity contribution in [2.24, 2.45) is 0 Å². The largest absolute Gasteiger partial charge is 0.354 e. The Labute approximate surface area is 161 Å². The lowest BCUT2D eigenvalue weighted by Gasteiger charge is -2.45. The molecule has 0 aromatic heterocycles. The molecule has 2 amide bonds. The topological polar surface area (TPSA) is 64.7 Å². The van der Waals surface area contributed by atoms with E-state index in [9.17, 15) is 9.59 Å². The summed E-state index contributed by atoms with van der Waals surface area (Å²) >= 11 is 0. The van der Waals surface area contributed by atoms with Gasteiger partial charge in [0.05, 0.1) is 0 Å². The summed E-state index contributed by atoms with van der Waals surface area (Å²) < 4.78 is 0. The van der Waals surface area contributed by atoms with Gasteiger partial charge in [0.15, 0.2) is 0 Å². The summed E-state index contributed by atoms with van der Waals surface area (Å²) in [5.41, 5.74) is 1.54. The van der Waals surface area contributed by atoms with Gasteiger partial charge in [-0.25, -0.2) is 0 Å². The molecular weight excluding hydrogens is 340 g/mol. The van der Waals surface area contributed by atoms with Crippen molar-refractivity contribution in [1.82, 2.24) is 20.4 Å². The van der Waals surface area contributed by atoms with Gasteiger partial charge < -0.3 is 15.5 Å². The number of carbonyl (C=O) groups excluding carboxylic acids is 2. The molecule has 1 aromatic rings. The van der Waals surface area contributed by atoms with E-state index in [2.05, 4.69) is 21.6 Å². The Balaban J connectivity index is 1.50. The van der Waals surface area contributed by atoms with Crippen molar-refractivity contribution >= 4 is 11.8 Å². The van der Waals surface area contributed by atoms with E-state index in [1.807, 2.05) is 30.1 Å². The molecule has 1 spiro atoms. The molecule has 0 saturated carbocycles. The molecule has 1 aromatic carbocycles. The minimum absolute atomic E-state index is 0.115. The van der Waals surface area contributed by atoms with Crippen LogP contribution >= 0.6 is 0 Å². The molecule has 146 valence electrons. The van der Waals surface area contributed by atoms with Crippen molar-refractivity contribution in [2.45, 2.75) is 37.1 Å². The normalized spacial score (nSPS) is 26.0. The maximum atomic E-state index is 13.3. The van der Waals surface area contributed by atoms with Gasteiger partial charge in [0.1, 0.15) is 5.54 Å². The number of amides is 2. The van der Waals surface area contributed by atoms with Gasteiger partial charge >= 0.3 is 0 Å². The highest BCUT2D eigenvalue weighted by Crippen LogP contribution is 2.32. The van der Waals surface area contributed by atoms with Crippen LogP contribution in [0.25, 0.3) is 0 Å². The number of likely N-dealkylation sites (tertiary alicyclic amines) is 1. The highest BCUT2D eigenvalue weighted by atomic mass is 16.2. The van der Waals surface area contributed by atoms with Gasteiger partial charge in [0.2, 0.25) is 5.91 Å². The summed E-state index contributed by atoms with van der Waals surface area (Å²) in [6.07, 6.45) is 3.47. The first kappa shape index (κ1) is 18.4. The molecule has 3 heterocycles. The van der Waals surface area contributed by atoms with E-state index in [0.29, 0.717) is 31.8 Å². The van der Waals surface area contributed by atoms with Crippen LogP contribution in [-0.4, -0.2) is 73.5 Å². The molecule has 27 heavy (non-hydrogen) atoms. The first-order valence-electron chi connectivity index (χ1n) is 10.2. The predicted octanol–water partition coefficient (Wildman–Crippen LogP) is 1.19. The third-order valence-corrected chi connectivity index (χ3v) is 6.68. The second-order valence-electron chi connectivity index (χ2n) is 8.13. The van der Waals surface area contributed by atoms with E-state index in [1.165, 1.54) is 0 Å². The van der Waals surface area contributed by atoms with Crippen LogP contribution in [0.2, 0.25) is 0 Å². The molecule has 0 radical (unpaired) electrons. The molecule has 2 N–H and O–H groups in total. The summed E-state index contributed by atoms with van der Waals surface area (Å²) in [4.78, 5) is 30.1. The number of benzene rings is 1. The van der Waals surface area contributed by atoms with E-state index in [1.54, 1.807) is 0 Å². The molecule has 4 rings (SSSR count). The maximum Gasteiger partial charge on any atom is 0.254 e. The van der Waals surface area contributed by atoms with Gasteiger partial charge in [-0.05, 0) is 56.8 Å². The Hall–Kier alpha value is -1.92. The molecule has 1 atom stereocenters. The van der Waals surface area contributed by atoms with E-state index in [0.717, 1.165) is 50.1 Å². The molecule has 0 bridgehead atoms. The predicted molar refractivity (Wildman–Crippen MR) is 105 cm³/mol. The lowest BCUT2D eigenvalue weighted by molar-refractivity contribution is -0.134. The number of rotatable bonds is 2. The number of nitrogens with one attached hydrogen (secondary N) is 2. The molecule has 0 aliphatic carbocycles. The molecular formula is C21H30N4O2. The fourth-order valence-electron chi connectivity index (χ4n) is 4.90. The summed E-state index contributed by atoms with van der Waals surface area (Å²) in [6.45, 7) is 4.89. The number of piperidine rings is 1. The van der Waals surface area contributed by atoms with Crippen LogP contribution in [-0.2, 0) is 4.79 Å². The second kappa shape index (κ2) is 7.60. The molecule has 6 nitrogen and oxygen atoms in total. The van der Waals surface area contributed by atoms with Crippen molar-refractivity contribution in [2.75, 3.05) is 46.3 Å². The van der Waals surface area contributed by atoms with Crippen molar-refractivity contribution < 1.29 is 9.59 Å². The molecule has 3 aliphatic heterocycles. The Bertz CT molecular complexity index is 706. The van der Waals surface area contributed by atoms with E-state index < -0.39 is 5.54 Å². The number of hydrogen-bond acceptors (Lipinski definition) is 4. The summed E-state index contributed by atoms with van der Waals surface area (Å²) in [6, 6.07) is 8.05. The summed E-state index contributed by atoms with van der Waals surface area (Å²) in [7, 11) is 2.05. The quantitative estimate of drug-likeness (QED) is 0.821. The van der Waals surface area contributed by atoms with Gasteiger partial charge in [-0.1, -0.05) is 18.2 Å². The zero-order valence-corrected chi connectivity index (χ0v) is 16.2. The van der Waals surface area contributed by atoms with Crippen LogP contribution in [0.5, 0.6) is 0 Å². The van der Waals surface area contributed by atoms with Gasteiger partial charge in [-0.3, -0.25) is 14.5 Å². The lowest BCUT2D eigenvalue weighted by atomic mass is 9.84. The molecule has 3 aliphatic rings. The van der Waals surface area contributed by atoms with E-state index in [4.69, 9.17) is 0 Å². The first-order chi connectivity index (χ1) is 13.1. The Morgan fingerprint density at radius 2 is 1.93 bits per heavy atom. The minimum atomic E-state index is -0.456. The smallest absolute Gasteiger partial charge is 0.254 e. The van der Waals surface area contributed by atoms with Gasteiger partial charge in [-0.2, -0.15) is 0 Å². The zero-order valence-electron chi connectivity index (χ0n) is 16.2. The van der Waals surface area contributed by atoms with Gasteiger partial charge in [-0.15, -0.1) is 0 Å². The second-order valence-corrected chi connectivity index (χ2v) is 8.13. The summed E-state index contributed by atoms with van der Waals surface area (Å²) in [5, 5.41) is 6.46. The van der Waals surface area contributed by atoms with Crippen LogP contribution in [0.1, 0.15) is 47.5 Å². The fraction of sp³-hybridized carbons (Fsp3) is 0.619. The van der Waals surface area contributed by atoms with Crippen LogP contribution < -0.4 is 10.6 Å². The lowest BCUT2D eigenvalue weighted by Crippen LogP contribution is -2.61. The molecule has 6 heteroatoms. The maximum absolute atomic E-state index is 13.3. The van der Waals surface area contributed by atoms with E-state index >= 15 is 0 Å². The molecule has 3 saturated heterocycles. The van der Waals surface area contributed by atoms with Gasteiger partial charge in [0, 0.05) is 38.3 Å². The Kier molecular flexibility index (Phi) is 5.19. The Morgan fingerprint density at radius 3 is 2.67 bits per heavy atom. The van der Waals surface area contributed by atoms with E-state index in [-0.39, 0.29) is 11.8 Å². The van der Waals surface area contributed by atoms with Crippen LogP contribution in [0.3, 0.4) is 0 Å².